The Kier molecular flexibility index (Phi) is 20.4. The van der Waals surface area contributed by atoms with Crippen LogP contribution in [0.4, 0.5) is 0 Å². The molecule has 7 fully saturated rings. The number of hydrogen-bond acceptors (Lipinski definition) is 25. The van der Waals surface area contributed by atoms with Crippen LogP contribution in [0.25, 0.3) is 0 Å². The Bertz CT molecular complexity index is 1980. The van der Waals surface area contributed by atoms with Crippen LogP contribution in [0.15, 0.2) is 11.6 Å². The van der Waals surface area contributed by atoms with Gasteiger partial charge in [-0.1, -0.05) is 39.3 Å². The highest BCUT2D eigenvalue weighted by atomic mass is 16.8. The molecule has 78 heavy (non-hydrogen) atoms. The summed E-state index contributed by atoms with van der Waals surface area (Å²) in [7, 11) is 0. The van der Waals surface area contributed by atoms with Crippen LogP contribution in [0.1, 0.15) is 107 Å². The fourth-order valence-electron chi connectivity index (χ4n) is 14.8. The zero-order valence-electron chi connectivity index (χ0n) is 45.9. The third kappa shape index (κ3) is 12.6. The summed E-state index contributed by atoms with van der Waals surface area (Å²) in [5.74, 6) is -0.595. The highest BCUT2D eigenvalue weighted by Crippen LogP contribution is 2.71. The van der Waals surface area contributed by atoms with Gasteiger partial charge in [-0.25, -0.2) is 0 Å². The van der Waals surface area contributed by atoms with Crippen LogP contribution in [0.2, 0.25) is 0 Å². The maximum absolute atomic E-state index is 12.4. The van der Waals surface area contributed by atoms with Gasteiger partial charge >= 0.3 is 0 Å². The topological polar surface area (TPSA) is 418 Å². The molecular weight excluding hydrogens is 1040 g/mol. The molecule has 25 nitrogen and oxygen atoms in total. The second-order valence-corrected chi connectivity index (χ2v) is 25.3. The zero-order valence-corrected chi connectivity index (χ0v) is 45.9. The Morgan fingerprint density at radius 2 is 1.26 bits per heavy atom. The van der Waals surface area contributed by atoms with E-state index < -0.39 is 189 Å². The average Bonchev–Trinajstić information content (AvgIpc) is 3.92. The van der Waals surface area contributed by atoms with E-state index in [-0.39, 0.29) is 36.7 Å². The van der Waals surface area contributed by atoms with Crippen molar-refractivity contribution in [2.45, 2.75) is 259 Å². The second-order valence-electron chi connectivity index (χ2n) is 25.3. The Morgan fingerprint density at radius 1 is 0.654 bits per heavy atom. The maximum atomic E-state index is 12.4. The molecule has 17 N–H and O–H groups in total. The van der Waals surface area contributed by atoms with Crippen LogP contribution in [0, 0.1) is 34.0 Å². The van der Waals surface area contributed by atoms with Crippen LogP contribution in [-0.2, 0) is 37.9 Å². The standard InChI is InChI=1S/C53H92O25/c1-22(16-25(56)44(68)53(8,70)21-73-46-40(66)37(63)34(60)27(18-54)75-46)10-9-13-52(7,69)43-24(55)17-30-50(5)15-12-31(49(3,4)29(50)11-14-51(30,43)6)77-48-42(78-47-41(67)36(62)32(58)23(2)74-47)38(64)35(61)28(76-48)20-72-45-39(65)33(59)26(57)19-71-45/h10,23-48,54-70H,9,11-21H2,1-8H3/b22-10+/t23-,24+,25-,26+,27+,28+,29-,30+,31-,32-,33-,34+,35+,36+,37-,38-,39+,40+,41+,42+,43+,44+,45-,46+,47-,48-,50-,51+,52+,53-/m0/s1. The fourth-order valence-corrected chi connectivity index (χ4v) is 14.8. The van der Waals surface area contributed by atoms with E-state index in [9.17, 15) is 86.8 Å². The first-order valence-electron chi connectivity index (χ1n) is 27.6. The van der Waals surface area contributed by atoms with Crippen molar-refractivity contribution in [3.63, 3.8) is 0 Å². The third-order valence-corrected chi connectivity index (χ3v) is 19.3. The Hall–Kier alpha value is -1.26. The van der Waals surface area contributed by atoms with E-state index in [4.69, 9.17) is 37.9 Å². The molecule has 25 heteroatoms. The number of rotatable bonds is 19. The normalized spacial score (nSPS) is 49.5. The number of aliphatic hydroxyl groups is 17. The molecule has 0 aromatic carbocycles. The van der Waals surface area contributed by atoms with Gasteiger partial charge in [0.15, 0.2) is 25.2 Å². The van der Waals surface area contributed by atoms with Crippen LogP contribution < -0.4 is 0 Å². The summed E-state index contributed by atoms with van der Waals surface area (Å²) in [5.41, 5.74) is -4.31. The molecule has 30 atom stereocenters. The van der Waals surface area contributed by atoms with E-state index in [0.717, 1.165) is 0 Å². The van der Waals surface area contributed by atoms with Crippen molar-refractivity contribution in [2.24, 2.45) is 34.0 Å². The minimum absolute atomic E-state index is 0.0181. The summed E-state index contributed by atoms with van der Waals surface area (Å²) in [6.07, 6.45) is -28.8. The lowest BCUT2D eigenvalue weighted by Gasteiger charge is -2.64. The lowest BCUT2D eigenvalue weighted by molar-refractivity contribution is -0.379. The molecule has 0 amide bonds. The van der Waals surface area contributed by atoms with Crippen molar-refractivity contribution >= 4 is 0 Å². The Morgan fingerprint density at radius 3 is 1.92 bits per heavy atom. The monoisotopic (exact) mass is 1130 g/mol. The van der Waals surface area contributed by atoms with E-state index in [1.807, 2.05) is 6.08 Å². The van der Waals surface area contributed by atoms with Crippen LogP contribution in [0.3, 0.4) is 0 Å². The van der Waals surface area contributed by atoms with Crippen molar-refractivity contribution in [3.05, 3.63) is 11.6 Å². The molecule has 4 saturated heterocycles. The summed E-state index contributed by atoms with van der Waals surface area (Å²) in [4.78, 5) is 0. The van der Waals surface area contributed by atoms with Gasteiger partial charge in [-0.2, -0.15) is 0 Å². The summed E-state index contributed by atoms with van der Waals surface area (Å²) in [6, 6.07) is 0. The van der Waals surface area contributed by atoms with E-state index in [1.165, 1.54) is 13.8 Å². The Balaban J connectivity index is 0.998. The number of hydrogen-bond donors (Lipinski definition) is 17. The molecule has 0 unspecified atom stereocenters. The third-order valence-electron chi connectivity index (χ3n) is 19.3. The predicted molar refractivity (Wildman–Crippen MR) is 267 cm³/mol. The minimum Gasteiger partial charge on any atom is -0.394 e. The summed E-state index contributed by atoms with van der Waals surface area (Å²) >= 11 is 0. The molecule has 0 aromatic rings. The van der Waals surface area contributed by atoms with Gasteiger partial charge in [-0.05, 0) is 107 Å². The molecule has 454 valence electrons. The SMILES string of the molecule is C/C(=C\CC[C@@](C)(O)[C@@H]1[C@H](O)C[C@H]2[C@@]1(C)CC[C@H]1C(C)(C)[C@@H](O[C@@H]3O[C@H](CO[C@@H]4OC[C@@H](O)[C@H](O)[C@H]4O)[C@@H](O)[C@H](O)[C@H]3O[C@@H]3O[C@@H](C)[C@H](O)[C@@H](O)[C@H]3O)CC[C@]21C)C[C@H](O)[C@@H](O)[C@@](C)(O)CO[C@@H]1O[C@H](CO)[C@@H](O)[C@H](O)[C@H]1O. The first kappa shape index (κ1) is 64.3. The minimum atomic E-state index is -2.08. The van der Waals surface area contributed by atoms with Crippen molar-refractivity contribution in [2.75, 3.05) is 26.4 Å². The van der Waals surface area contributed by atoms with Gasteiger partial charge in [0, 0.05) is 5.92 Å². The fraction of sp³-hybridized carbons (Fsp3) is 0.962. The van der Waals surface area contributed by atoms with E-state index in [0.29, 0.717) is 44.1 Å². The molecular formula is C53H92O25. The van der Waals surface area contributed by atoms with Crippen molar-refractivity contribution in [1.82, 2.24) is 0 Å². The van der Waals surface area contributed by atoms with E-state index in [2.05, 4.69) is 27.7 Å². The summed E-state index contributed by atoms with van der Waals surface area (Å²) < 4.78 is 46.8. The largest absolute Gasteiger partial charge is 0.394 e. The average molecular weight is 1130 g/mol. The van der Waals surface area contributed by atoms with Gasteiger partial charge < -0.3 is 125 Å². The molecule has 4 heterocycles. The first-order chi connectivity index (χ1) is 36.2. The maximum Gasteiger partial charge on any atom is 0.187 e. The van der Waals surface area contributed by atoms with Gasteiger partial charge in [-0.3, -0.25) is 0 Å². The molecule has 3 aliphatic carbocycles. The smallest absolute Gasteiger partial charge is 0.187 e. The van der Waals surface area contributed by atoms with Crippen molar-refractivity contribution in [3.8, 4) is 0 Å². The van der Waals surface area contributed by atoms with Crippen molar-refractivity contribution in [1.29, 1.82) is 0 Å². The van der Waals surface area contributed by atoms with Gasteiger partial charge in [0.1, 0.15) is 97.2 Å². The number of allylic oxidation sites excluding steroid dienone is 1. The molecule has 4 aliphatic heterocycles. The number of ether oxygens (including phenoxy) is 8. The van der Waals surface area contributed by atoms with E-state index >= 15 is 0 Å². The zero-order chi connectivity index (χ0) is 57.9. The summed E-state index contributed by atoms with van der Waals surface area (Å²) in [5, 5.41) is 183. The highest BCUT2D eigenvalue weighted by Gasteiger charge is 2.68. The predicted octanol–water partition coefficient (Wildman–Crippen LogP) is -4.12. The van der Waals surface area contributed by atoms with Crippen LogP contribution in [0.5, 0.6) is 0 Å². The second kappa shape index (κ2) is 24.8. The number of fused-ring (bicyclic) bond motifs is 3. The lowest BCUT2D eigenvalue weighted by Crippen LogP contribution is -2.66. The molecule has 0 aromatic heterocycles. The van der Waals surface area contributed by atoms with Crippen LogP contribution in [-0.4, -0.2) is 266 Å². The summed E-state index contributed by atoms with van der Waals surface area (Å²) in [6.45, 7) is 12.4. The highest BCUT2D eigenvalue weighted by molar-refractivity contribution is 5.17. The van der Waals surface area contributed by atoms with Gasteiger partial charge in [0.2, 0.25) is 0 Å². The Labute approximate surface area is 454 Å². The molecule has 0 radical (unpaired) electrons. The lowest BCUT2D eigenvalue weighted by atomic mass is 9.42. The first-order valence-corrected chi connectivity index (χ1v) is 27.6. The molecule has 3 saturated carbocycles. The van der Waals surface area contributed by atoms with E-state index in [1.54, 1.807) is 13.8 Å². The molecule has 7 rings (SSSR count). The van der Waals surface area contributed by atoms with Gasteiger partial charge in [0.05, 0.1) is 56.4 Å². The van der Waals surface area contributed by atoms with Gasteiger partial charge in [-0.15, -0.1) is 0 Å². The van der Waals surface area contributed by atoms with Crippen molar-refractivity contribution < 1.29 is 125 Å². The molecule has 0 bridgehead atoms. The molecule has 0 spiro atoms. The molecule has 7 aliphatic rings. The quantitative estimate of drug-likeness (QED) is 0.0432. The van der Waals surface area contributed by atoms with Crippen LogP contribution >= 0.6 is 0 Å². The number of aliphatic hydroxyl groups excluding tert-OH is 15. The van der Waals surface area contributed by atoms with Gasteiger partial charge in [0.25, 0.3) is 0 Å².